The van der Waals surface area contributed by atoms with Gasteiger partial charge in [-0.1, -0.05) is 13.0 Å². The quantitative estimate of drug-likeness (QED) is 0.904. The minimum Gasteiger partial charge on any atom is -0.469 e. The maximum Gasteiger partial charge on any atom is 0.254 e. The van der Waals surface area contributed by atoms with Crippen LogP contribution in [0.5, 0.6) is 0 Å². The molecule has 23 heavy (non-hydrogen) atoms. The summed E-state index contributed by atoms with van der Waals surface area (Å²) in [5.41, 5.74) is 0.627. The molecule has 1 aliphatic heterocycles. The number of hydrogen-bond acceptors (Lipinski definition) is 4. The van der Waals surface area contributed by atoms with Gasteiger partial charge in [-0.2, -0.15) is 0 Å². The van der Waals surface area contributed by atoms with E-state index in [2.05, 4.69) is 34.7 Å². The first-order chi connectivity index (χ1) is 11.1. The van der Waals surface area contributed by atoms with E-state index >= 15 is 0 Å². The number of piperidine rings is 1. The van der Waals surface area contributed by atoms with Gasteiger partial charge in [0.25, 0.3) is 5.91 Å². The molecule has 0 aliphatic carbocycles. The van der Waals surface area contributed by atoms with Crippen LogP contribution in [-0.2, 0) is 0 Å². The number of furan rings is 1. The zero-order valence-electron chi connectivity index (χ0n) is 13.7. The summed E-state index contributed by atoms with van der Waals surface area (Å²) in [6.45, 7) is 6.98. The van der Waals surface area contributed by atoms with E-state index < -0.39 is 0 Å². The monoisotopic (exact) mass is 332 g/mol. The summed E-state index contributed by atoms with van der Waals surface area (Å²) in [7, 11) is 0. The molecule has 1 atom stereocenters. The molecule has 1 unspecified atom stereocenters. The van der Waals surface area contributed by atoms with Crippen LogP contribution in [0.4, 0.5) is 0 Å². The Morgan fingerprint density at radius 2 is 2.22 bits per heavy atom. The number of carbonyl (C=O) groups is 1. The van der Waals surface area contributed by atoms with E-state index in [0.717, 1.165) is 19.0 Å². The van der Waals surface area contributed by atoms with Crippen LogP contribution in [0.1, 0.15) is 46.8 Å². The number of rotatable bonds is 5. The molecule has 0 aromatic carbocycles. The molecule has 1 N–H and O–H groups in total. The van der Waals surface area contributed by atoms with Gasteiger partial charge >= 0.3 is 0 Å². The van der Waals surface area contributed by atoms with E-state index in [9.17, 15) is 4.79 Å². The number of nitrogens with one attached hydrogen (secondary N) is 1. The first-order valence-corrected chi connectivity index (χ1v) is 9.13. The van der Waals surface area contributed by atoms with Crippen LogP contribution in [0.3, 0.4) is 0 Å². The second-order valence-electron chi connectivity index (χ2n) is 6.35. The molecule has 0 bridgehead atoms. The highest BCUT2D eigenvalue weighted by atomic mass is 32.1. The van der Waals surface area contributed by atoms with E-state index in [-0.39, 0.29) is 11.9 Å². The molecule has 3 heterocycles. The molecule has 1 amide bonds. The number of nitrogens with zero attached hydrogens (tertiary/aromatic N) is 1. The highest BCUT2D eigenvalue weighted by molar-refractivity contribution is 7.10. The van der Waals surface area contributed by atoms with Crippen molar-refractivity contribution in [3.05, 3.63) is 46.0 Å². The predicted octanol–water partition coefficient (Wildman–Crippen LogP) is 3.85. The zero-order chi connectivity index (χ0) is 16.2. The topological polar surface area (TPSA) is 45.5 Å². The van der Waals surface area contributed by atoms with Crippen molar-refractivity contribution < 1.29 is 9.21 Å². The molecule has 0 radical (unpaired) electrons. The van der Waals surface area contributed by atoms with E-state index in [1.54, 1.807) is 23.7 Å². The lowest BCUT2D eigenvalue weighted by atomic mass is 9.97. The van der Waals surface area contributed by atoms with Gasteiger partial charge in [-0.15, -0.1) is 11.3 Å². The summed E-state index contributed by atoms with van der Waals surface area (Å²) in [5.74, 6) is 1.42. The smallest absolute Gasteiger partial charge is 0.254 e. The summed E-state index contributed by atoms with van der Waals surface area (Å²) < 4.78 is 5.22. The van der Waals surface area contributed by atoms with Gasteiger partial charge in [-0.3, -0.25) is 9.69 Å². The van der Waals surface area contributed by atoms with Crippen LogP contribution in [0, 0.1) is 12.8 Å². The van der Waals surface area contributed by atoms with Gasteiger partial charge in [0, 0.05) is 11.4 Å². The van der Waals surface area contributed by atoms with Crippen molar-refractivity contribution in [2.45, 2.75) is 32.7 Å². The minimum absolute atomic E-state index is 0.0526. The lowest BCUT2D eigenvalue weighted by Crippen LogP contribution is -2.41. The Balaban J connectivity index is 1.67. The summed E-state index contributed by atoms with van der Waals surface area (Å²) in [5, 5.41) is 5.20. The van der Waals surface area contributed by atoms with Gasteiger partial charge in [0.1, 0.15) is 5.76 Å². The van der Waals surface area contributed by atoms with E-state index in [1.165, 1.54) is 17.7 Å². The van der Waals surface area contributed by atoms with Gasteiger partial charge < -0.3 is 9.73 Å². The molecule has 0 spiro atoms. The molecule has 0 saturated carbocycles. The van der Waals surface area contributed by atoms with Gasteiger partial charge in [0.05, 0.1) is 17.9 Å². The summed E-state index contributed by atoms with van der Waals surface area (Å²) in [4.78, 5) is 16.2. The number of hydrogen-bond donors (Lipinski definition) is 1. The zero-order valence-corrected chi connectivity index (χ0v) is 14.6. The molecule has 1 aliphatic rings. The van der Waals surface area contributed by atoms with Gasteiger partial charge in [0.2, 0.25) is 0 Å². The van der Waals surface area contributed by atoms with Crippen molar-refractivity contribution in [1.82, 2.24) is 10.2 Å². The van der Waals surface area contributed by atoms with Crippen molar-refractivity contribution in [2.24, 2.45) is 5.92 Å². The Bertz CT molecular complexity index is 627. The molecule has 2 aromatic rings. The number of likely N-dealkylation sites (tertiary alicyclic amines) is 1. The Morgan fingerprint density at radius 1 is 1.43 bits per heavy atom. The molecule has 1 fully saturated rings. The first-order valence-electron chi connectivity index (χ1n) is 8.25. The van der Waals surface area contributed by atoms with Crippen molar-refractivity contribution in [2.75, 3.05) is 19.6 Å². The highest BCUT2D eigenvalue weighted by Crippen LogP contribution is 2.29. The second-order valence-corrected chi connectivity index (χ2v) is 7.33. The van der Waals surface area contributed by atoms with Gasteiger partial charge in [-0.05, 0) is 56.3 Å². The molecule has 3 rings (SSSR count). The number of amides is 1. The predicted molar refractivity (Wildman–Crippen MR) is 92.8 cm³/mol. The lowest BCUT2D eigenvalue weighted by Gasteiger charge is -2.36. The Labute approximate surface area is 141 Å². The Kier molecular flexibility index (Phi) is 5.18. The molecule has 4 nitrogen and oxygen atoms in total. The van der Waals surface area contributed by atoms with Crippen LogP contribution in [-0.4, -0.2) is 30.4 Å². The van der Waals surface area contributed by atoms with Crippen LogP contribution >= 0.6 is 11.3 Å². The third-order valence-electron chi connectivity index (χ3n) is 4.69. The molecule has 5 heteroatoms. The average Bonchev–Trinajstić information content (AvgIpc) is 3.20. The van der Waals surface area contributed by atoms with Crippen LogP contribution in [0.15, 0.2) is 34.3 Å². The van der Waals surface area contributed by atoms with E-state index in [1.807, 2.05) is 6.92 Å². The second kappa shape index (κ2) is 7.32. The van der Waals surface area contributed by atoms with Crippen molar-refractivity contribution in [3.8, 4) is 0 Å². The summed E-state index contributed by atoms with van der Waals surface area (Å²) in [6.07, 6.45) is 4.03. The third-order valence-corrected chi connectivity index (χ3v) is 5.66. The first kappa shape index (κ1) is 16.3. The molecule has 124 valence electrons. The summed E-state index contributed by atoms with van der Waals surface area (Å²) >= 11 is 1.77. The number of thiophene rings is 1. The fourth-order valence-electron chi connectivity index (χ4n) is 3.14. The van der Waals surface area contributed by atoms with E-state index in [0.29, 0.717) is 17.9 Å². The molecule has 2 aromatic heterocycles. The molecule has 1 saturated heterocycles. The standard InChI is InChI=1S/C18H24N2O2S/c1-13-5-8-20(9-6-13)16(17-4-3-11-23-17)12-19-18(21)15-7-10-22-14(15)2/h3-4,7,10-11,13,16H,5-6,8-9,12H2,1-2H3,(H,19,21). The van der Waals surface area contributed by atoms with Gasteiger partial charge in [0.15, 0.2) is 0 Å². The van der Waals surface area contributed by atoms with E-state index in [4.69, 9.17) is 4.42 Å². The number of aryl methyl sites for hydroxylation is 1. The van der Waals surface area contributed by atoms with Crippen LogP contribution in [0.2, 0.25) is 0 Å². The maximum atomic E-state index is 12.3. The SMILES string of the molecule is Cc1occc1C(=O)NCC(c1cccs1)N1CCC(C)CC1. The van der Waals surface area contributed by atoms with Crippen molar-refractivity contribution in [1.29, 1.82) is 0 Å². The minimum atomic E-state index is -0.0526. The Hall–Kier alpha value is -1.59. The van der Waals surface area contributed by atoms with Crippen molar-refractivity contribution in [3.63, 3.8) is 0 Å². The fourth-order valence-corrected chi connectivity index (χ4v) is 4.00. The lowest BCUT2D eigenvalue weighted by molar-refractivity contribution is 0.0913. The van der Waals surface area contributed by atoms with Gasteiger partial charge in [-0.25, -0.2) is 0 Å². The Morgan fingerprint density at radius 3 is 2.83 bits per heavy atom. The average molecular weight is 332 g/mol. The number of carbonyl (C=O) groups excluding carboxylic acids is 1. The van der Waals surface area contributed by atoms with Crippen molar-refractivity contribution >= 4 is 17.2 Å². The normalized spacial score (nSPS) is 18.0. The summed E-state index contributed by atoms with van der Waals surface area (Å²) in [6, 6.07) is 6.25. The molecular formula is C18H24N2O2S. The largest absolute Gasteiger partial charge is 0.469 e. The highest BCUT2D eigenvalue weighted by Gasteiger charge is 2.26. The van der Waals surface area contributed by atoms with Crippen LogP contribution in [0.25, 0.3) is 0 Å². The fraction of sp³-hybridized carbons (Fsp3) is 0.500. The van der Waals surface area contributed by atoms with Crippen LogP contribution < -0.4 is 5.32 Å². The third kappa shape index (κ3) is 3.85. The maximum absolute atomic E-state index is 12.3. The molecular weight excluding hydrogens is 308 g/mol.